The van der Waals surface area contributed by atoms with Crippen molar-refractivity contribution in [1.29, 1.82) is 0 Å². The molecule has 0 radical (unpaired) electrons. The number of carbonyl (C=O) groups is 1. The number of carbonyl (C=O) groups excluding carboxylic acids is 1. The van der Waals surface area contributed by atoms with E-state index in [4.69, 9.17) is 4.52 Å². The van der Waals surface area contributed by atoms with Crippen molar-refractivity contribution in [3.05, 3.63) is 41.5 Å². The fourth-order valence-electron chi connectivity index (χ4n) is 3.77. The van der Waals surface area contributed by atoms with Crippen molar-refractivity contribution in [3.63, 3.8) is 0 Å². The summed E-state index contributed by atoms with van der Waals surface area (Å²) in [5.74, 6) is 1.54. The lowest BCUT2D eigenvalue weighted by Crippen LogP contribution is -2.50. The van der Waals surface area contributed by atoms with Crippen molar-refractivity contribution >= 4 is 11.6 Å². The van der Waals surface area contributed by atoms with Gasteiger partial charge in [-0.2, -0.15) is 4.98 Å². The number of piperazine rings is 1. The molecule has 26 heavy (non-hydrogen) atoms. The molecule has 1 aromatic carbocycles. The zero-order chi connectivity index (χ0) is 17.9. The fraction of sp³-hybridized carbons (Fsp3) is 0.526. The summed E-state index contributed by atoms with van der Waals surface area (Å²) in [6.45, 7) is 7.41. The number of aromatic nitrogens is 2. The van der Waals surface area contributed by atoms with Gasteiger partial charge in [0, 0.05) is 38.4 Å². The summed E-state index contributed by atoms with van der Waals surface area (Å²) in [6, 6.07) is 8.27. The molecule has 0 bridgehead atoms. The van der Waals surface area contributed by atoms with E-state index < -0.39 is 0 Å². The molecule has 1 aromatic heterocycles. The molecule has 1 fully saturated rings. The molecule has 0 saturated carbocycles. The molecule has 4 rings (SSSR count). The maximum atomic E-state index is 12.8. The Balaban J connectivity index is 1.30. The van der Waals surface area contributed by atoms with E-state index in [1.165, 1.54) is 5.56 Å². The molecule has 2 aliphatic rings. The quantitative estimate of drug-likeness (QED) is 0.828. The SMILES string of the molecule is Cc1noc(CN2CCN(CC(=O)N3CCCc4ccccc43)CC2)n1. The molecule has 2 aliphatic heterocycles. The van der Waals surface area contributed by atoms with Gasteiger partial charge in [0.05, 0.1) is 13.1 Å². The molecular weight excluding hydrogens is 330 g/mol. The molecule has 7 nitrogen and oxygen atoms in total. The number of benzene rings is 1. The van der Waals surface area contributed by atoms with Crippen LogP contribution >= 0.6 is 0 Å². The smallest absolute Gasteiger partial charge is 0.241 e. The molecule has 7 heteroatoms. The number of fused-ring (bicyclic) bond motifs is 1. The van der Waals surface area contributed by atoms with E-state index in [0.717, 1.165) is 51.3 Å². The third-order valence-corrected chi connectivity index (χ3v) is 5.16. The van der Waals surface area contributed by atoms with E-state index in [1.54, 1.807) is 0 Å². The first-order chi connectivity index (χ1) is 12.7. The second-order valence-corrected chi connectivity index (χ2v) is 7.07. The second-order valence-electron chi connectivity index (χ2n) is 7.07. The third kappa shape index (κ3) is 3.78. The van der Waals surface area contributed by atoms with Gasteiger partial charge < -0.3 is 9.42 Å². The minimum absolute atomic E-state index is 0.207. The standard InChI is InChI=1S/C19H25N5O2/c1-15-20-18(26-21-15)13-22-9-11-23(12-10-22)14-19(25)24-8-4-6-16-5-2-3-7-17(16)24/h2-3,5,7H,4,6,8-14H2,1H3. The van der Waals surface area contributed by atoms with Crippen LogP contribution in [0.25, 0.3) is 0 Å². The number of nitrogens with zero attached hydrogens (tertiary/aromatic N) is 5. The average molecular weight is 355 g/mol. The van der Waals surface area contributed by atoms with Crippen molar-refractivity contribution in [2.75, 3.05) is 44.2 Å². The maximum Gasteiger partial charge on any atom is 0.241 e. The average Bonchev–Trinajstić information content (AvgIpc) is 3.07. The Bertz CT molecular complexity index is 767. The van der Waals surface area contributed by atoms with Crippen LogP contribution in [0.5, 0.6) is 0 Å². The van der Waals surface area contributed by atoms with Crippen molar-refractivity contribution in [2.24, 2.45) is 0 Å². The lowest BCUT2D eigenvalue weighted by atomic mass is 10.0. The minimum Gasteiger partial charge on any atom is -0.338 e. The zero-order valence-electron chi connectivity index (χ0n) is 15.2. The molecule has 0 unspecified atom stereocenters. The molecule has 0 atom stereocenters. The van der Waals surface area contributed by atoms with Crippen LogP contribution in [0.2, 0.25) is 0 Å². The van der Waals surface area contributed by atoms with Crippen molar-refractivity contribution in [2.45, 2.75) is 26.3 Å². The van der Waals surface area contributed by atoms with Crippen molar-refractivity contribution in [1.82, 2.24) is 19.9 Å². The second kappa shape index (κ2) is 7.55. The summed E-state index contributed by atoms with van der Waals surface area (Å²) in [5.41, 5.74) is 2.38. The van der Waals surface area contributed by atoms with E-state index in [1.807, 2.05) is 17.9 Å². The lowest BCUT2D eigenvalue weighted by Gasteiger charge is -2.36. The van der Waals surface area contributed by atoms with Gasteiger partial charge in [-0.25, -0.2) is 0 Å². The fourth-order valence-corrected chi connectivity index (χ4v) is 3.77. The molecular formula is C19H25N5O2. The Morgan fingerprint density at radius 2 is 1.88 bits per heavy atom. The molecule has 1 saturated heterocycles. The molecule has 0 spiro atoms. The predicted molar refractivity (Wildman–Crippen MR) is 97.9 cm³/mol. The first-order valence-corrected chi connectivity index (χ1v) is 9.31. The summed E-state index contributed by atoms with van der Waals surface area (Å²) in [4.78, 5) is 23.6. The number of rotatable bonds is 4. The number of aryl methyl sites for hydroxylation is 2. The molecule has 1 amide bonds. The molecule has 3 heterocycles. The number of amides is 1. The van der Waals surface area contributed by atoms with Gasteiger partial charge in [0.2, 0.25) is 11.8 Å². The summed E-state index contributed by atoms with van der Waals surface area (Å²) < 4.78 is 5.19. The maximum absolute atomic E-state index is 12.8. The number of hydrogen-bond acceptors (Lipinski definition) is 6. The predicted octanol–water partition coefficient (Wildman–Crippen LogP) is 1.48. The van der Waals surface area contributed by atoms with Crippen LogP contribution in [-0.2, 0) is 17.8 Å². The number of anilines is 1. The third-order valence-electron chi connectivity index (χ3n) is 5.16. The van der Waals surface area contributed by atoms with Gasteiger partial charge in [-0.05, 0) is 31.4 Å². The molecule has 0 N–H and O–H groups in total. The highest BCUT2D eigenvalue weighted by Crippen LogP contribution is 2.26. The van der Waals surface area contributed by atoms with E-state index >= 15 is 0 Å². The van der Waals surface area contributed by atoms with Crippen LogP contribution < -0.4 is 4.90 Å². The highest BCUT2D eigenvalue weighted by Gasteiger charge is 2.26. The van der Waals surface area contributed by atoms with Crippen LogP contribution in [0, 0.1) is 6.92 Å². The van der Waals surface area contributed by atoms with E-state index in [-0.39, 0.29) is 5.91 Å². The van der Waals surface area contributed by atoms with Crippen LogP contribution in [0.4, 0.5) is 5.69 Å². The number of para-hydroxylation sites is 1. The van der Waals surface area contributed by atoms with E-state index in [2.05, 4.69) is 38.1 Å². The number of hydrogen-bond donors (Lipinski definition) is 0. The highest BCUT2D eigenvalue weighted by atomic mass is 16.5. The summed E-state index contributed by atoms with van der Waals surface area (Å²) in [7, 11) is 0. The van der Waals surface area contributed by atoms with Gasteiger partial charge in [-0.1, -0.05) is 23.4 Å². The van der Waals surface area contributed by atoms with Crippen LogP contribution in [0.1, 0.15) is 23.7 Å². The Hall–Kier alpha value is -2.25. The van der Waals surface area contributed by atoms with Crippen molar-refractivity contribution < 1.29 is 9.32 Å². The first-order valence-electron chi connectivity index (χ1n) is 9.31. The lowest BCUT2D eigenvalue weighted by molar-refractivity contribution is -0.120. The Kier molecular flexibility index (Phi) is 4.99. The summed E-state index contributed by atoms with van der Waals surface area (Å²) >= 11 is 0. The van der Waals surface area contributed by atoms with Gasteiger partial charge in [0.25, 0.3) is 0 Å². The van der Waals surface area contributed by atoms with Gasteiger partial charge in [-0.3, -0.25) is 14.6 Å². The largest absolute Gasteiger partial charge is 0.338 e. The zero-order valence-corrected chi connectivity index (χ0v) is 15.2. The van der Waals surface area contributed by atoms with Crippen LogP contribution in [0.3, 0.4) is 0 Å². The van der Waals surface area contributed by atoms with E-state index in [9.17, 15) is 4.79 Å². The van der Waals surface area contributed by atoms with Gasteiger partial charge in [0.1, 0.15) is 0 Å². The van der Waals surface area contributed by atoms with Gasteiger partial charge >= 0.3 is 0 Å². The molecule has 2 aromatic rings. The Morgan fingerprint density at radius 3 is 2.65 bits per heavy atom. The van der Waals surface area contributed by atoms with Gasteiger partial charge in [-0.15, -0.1) is 0 Å². The Morgan fingerprint density at radius 1 is 1.12 bits per heavy atom. The molecule has 0 aliphatic carbocycles. The van der Waals surface area contributed by atoms with E-state index in [0.29, 0.717) is 24.8 Å². The normalized spacial score (nSPS) is 18.7. The van der Waals surface area contributed by atoms with Gasteiger partial charge in [0.15, 0.2) is 5.82 Å². The Labute approximate surface area is 153 Å². The minimum atomic E-state index is 0.207. The topological polar surface area (TPSA) is 65.7 Å². The summed E-state index contributed by atoms with van der Waals surface area (Å²) in [6.07, 6.45) is 2.11. The van der Waals surface area contributed by atoms with Crippen LogP contribution in [0.15, 0.2) is 28.8 Å². The van der Waals surface area contributed by atoms with Crippen LogP contribution in [-0.4, -0.2) is 65.1 Å². The summed E-state index contributed by atoms with van der Waals surface area (Å²) in [5, 5.41) is 3.83. The van der Waals surface area contributed by atoms with Crippen molar-refractivity contribution in [3.8, 4) is 0 Å². The first kappa shape index (κ1) is 17.2. The monoisotopic (exact) mass is 355 g/mol. The highest BCUT2D eigenvalue weighted by molar-refractivity contribution is 5.95. The molecule has 138 valence electrons.